The second kappa shape index (κ2) is 8.54. The van der Waals surface area contributed by atoms with E-state index >= 15 is 0 Å². The lowest BCUT2D eigenvalue weighted by Gasteiger charge is -2.13. The molecule has 21 heavy (non-hydrogen) atoms. The molecule has 118 valence electrons. The highest BCUT2D eigenvalue weighted by Gasteiger charge is 2.26. The highest BCUT2D eigenvalue weighted by atomic mass is 19.4. The molecule has 0 aromatic heterocycles. The van der Waals surface area contributed by atoms with E-state index in [1.54, 1.807) is 7.05 Å². The predicted molar refractivity (Wildman–Crippen MR) is 79.6 cm³/mol. The molecule has 0 spiro atoms. The lowest BCUT2D eigenvalue weighted by atomic mass is 10.1. The SMILES string of the molecule is CCc1ccc(CCNC(=NC)NCCC(F)(F)F)cc1. The zero-order valence-electron chi connectivity index (χ0n) is 12.4. The number of halogens is 3. The summed E-state index contributed by atoms with van der Waals surface area (Å²) in [5.74, 6) is 0.393. The number of alkyl halides is 3. The minimum absolute atomic E-state index is 0.172. The monoisotopic (exact) mass is 301 g/mol. The van der Waals surface area contributed by atoms with E-state index in [1.165, 1.54) is 11.1 Å². The van der Waals surface area contributed by atoms with Crippen LogP contribution in [-0.2, 0) is 12.8 Å². The standard InChI is InChI=1S/C15H22F3N3/c1-3-12-4-6-13(7-5-12)8-10-20-14(19-2)21-11-9-15(16,17)18/h4-7H,3,8-11H2,1-2H3,(H2,19,20,21). The van der Waals surface area contributed by atoms with E-state index in [2.05, 4.69) is 46.8 Å². The molecule has 0 saturated carbocycles. The van der Waals surface area contributed by atoms with Crippen molar-refractivity contribution in [2.45, 2.75) is 32.4 Å². The Hall–Kier alpha value is -1.72. The van der Waals surface area contributed by atoms with Crippen LogP contribution < -0.4 is 10.6 Å². The minimum Gasteiger partial charge on any atom is -0.356 e. The van der Waals surface area contributed by atoms with Crippen LogP contribution in [0.4, 0.5) is 13.2 Å². The van der Waals surface area contributed by atoms with Gasteiger partial charge in [0.2, 0.25) is 0 Å². The molecular weight excluding hydrogens is 279 g/mol. The fraction of sp³-hybridized carbons (Fsp3) is 0.533. The summed E-state index contributed by atoms with van der Waals surface area (Å²) in [6, 6.07) is 8.32. The van der Waals surface area contributed by atoms with Gasteiger partial charge >= 0.3 is 6.18 Å². The molecule has 0 radical (unpaired) electrons. The van der Waals surface area contributed by atoms with Crippen LogP contribution in [0.5, 0.6) is 0 Å². The Bertz CT molecular complexity index is 438. The number of guanidine groups is 1. The van der Waals surface area contributed by atoms with Crippen LogP contribution in [0.3, 0.4) is 0 Å². The largest absolute Gasteiger partial charge is 0.390 e. The maximum Gasteiger partial charge on any atom is 0.390 e. The Morgan fingerprint density at radius 3 is 2.14 bits per heavy atom. The van der Waals surface area contributed by atoms with Gasteiger partial charge in [0, 0.05) is 20.1 Å². The van der Waals surface area contributed by atoms with Crippen LogP contribution in [0.25, 0.3) is 0 Å². The fourth-order valence-corrected chi connectivity index (χ4v) is 1.81. The Morgan fingerprint density at radius 2 is 1.62 bits per heavy atom. The molecule has 1 rings (SSSR count). The Balaban J connectivity index is 2.28. The maximum atomic E-state index is 12.0. The van der Waals surface area contributed by atoms with Gasteiger partial charge in [-0.15, -0.1) is 0 Å². The summed E-state index contributed by atoms with van der Waals surface area (Å²) in [6.07, 6.45) is -3.21. The third-order valence-corrected chi connectivity index (χ3v) is 3.06. The maximum absolute atomic E-state index is 12.0. The average Bonchev–Trinajstić information content (AvgIpc) is 2.45. The first-order valence-corrected chi connectivity index (χ1v) is 7.03. The summed E-state index contributed by atoms with van der Waals surface area (Å²) in [7, 11) is 1.54. The van der Waals surface area contributed by atoms with Crippen molar-refractivity contribution in [1.29, 1.82) is 0 Å². The number of rotatable bonds is 6. The summed E-state index contributed by atoms with van der Waals surface area (Å²) in [5, 5.41) is 5.65. The van der Waals surface area contributed by atoms with Crippen LogP contribution in [-0.4, -0.2) is 32.3 Å². The van der Waals surface area contributed by atoms with Gasteiger partial charge in [-0.05, 0) is 24.0 Å². The number of hydrogen-bond donors (Lipinski definition) is 2. The first-order chi connectivity index (χ1) is 9.94. The molecule has 0 amide bonds. The molecule has 0 unspecified atom stereocenters. The Labute approximate surface area is 123 Å². The van der Waals surface area contributed by atoms with Crippen molar-refractivity contribution < 1.29 is 13.2 Å². The summed E-state index contributed by atoms with van der Waals surface area (Å²) in [6.45, 7) is 2.55. The van der Waals surface area contributed by atoms with Crippen molar-refractivity contribution >= 4 is 5.96 Å². The van der Waals surface area contributed by atoms with Gasteiger partial charge < -0.3 is 10.6 Å². The molecule has 2 N–H and O–H groups in total. The number of aryl methyl sites for hydroxylation is 1. The molecule has 0 aliphatic heterocycles. The van der Waals surface area contributed by atoms with Gasteiger partial charge in [-0.1, -0.05) is 31.2 Å². The van der Waals surface area contributed by atoms with Crippen molar-refractivity contribution in [1.82, 2.24) is 10.6 Å². The van der Waals surface area contributed by atoms with Crippen molar-refractivity contribution in [2.24, 2.45) is 4.99 Å². The van der Waals surface area contributed by atoms with E-state index < -0.39 is 12.6 Å². The van der Waals surface area contributed by atoms with Crippen molar-refractivity contribution in [3.63, 3.8) is 0 Å². The minimum atomic E-state index is -4.15. The van der Waals surface area contributed by atoms with Crippen molar-refractivity contribution in [3.05, 3.63) is 35.4 Å². The van der Waals surface area contributed by atoms with Crippen LogP contribution >= 0.6 is 0 Å². The zero-order valence-corrected chi connectivity index (χ0v) is 12.4. The molecular formula is C15H22F3N3. The van der Waals surface area contributed by atoms with Crippen LogP contribution in [0.1, 0.15) is 24.5 Å². The van der Waals surface area contributed by atoms with Crippen molar-refractivity contribution in [2.75, 3.05) is 20.1 Å². The highest BCUT2D eigenvalue weighted by Crippen LogP contribution is 2.17. The van der Waals surface area contributed by atoms with Gasteiger partial charge in [-0.25, -0.2) is 0 Å². The molecule has 1 aromatic carbocycles. The molecule has 6 heteroatoms. The molecule has 0 aliphatic rings. The number of benzene rings is 1. The van der Waals surface area contributed by atoms with Gasteiger partial charge in [0.1, 0.15) is 0 Å². The first kappa shape index (κ1) is 17.3. The second-order valence-corrected chi connectivity index (χ2v) is 4.71. The lowest BCUT2D eigenvalue weighted by Crippen LogP contribution is -2.39. The molecule has 0 aliphatic carbocycles. The van der Waals surface area contributed by atoms with E-state index in [0.29, 0.717) is 12.5 Å². The lowest BCUT2D eigenvalue weighted by molar-refractivity contribution is -0.132. The first-order valence-electron chi connectivity index (χ1n) is 7.03. The van der Waals surface area contributed by atoms with E-state index in [0.717, 1.165) is 12.8 Å². The van der Waals surface area contributed by atoms with E-state index in [9.17, 15) is 13.2 Å². The third kappa shape index (κ3) is 7.58. The number of aliphatic imine (C=N–C) groups is 1. The summed E-state index contributed by atoms with van der Waals surface area (Å²) in [5.41, 5.74) is 2.47. The number of nitrogens with one attached hydrogen (secondary N) is 2. The molecule has 0 heterocycles. The van der Waals surface area contributed by atoms with E-state index in [4.69, 9.17) is 0 Å². The summed E-state index contributed by atoms with van der Waals surface area (Å²) < 4.78 is 36.1. The molecule has 0 bridgehead atoms. The van der Waals surface area contributed by atoms with E-state index in [1.807, 2.05) is 0 Å². The zero-order chi connectivity index (χ0) is 15.7. The summed E-state index contributed by atoms with van der Waals surface area (Å²) in [4.78, 5) is 3.89. The normalized spacial score (nSPS) is 12.3. The molecule has 0 saturated heterocycles. The second-order valence-electron chi connectivity index (χ2n) is 4.71. The van der Waals surface area contributed by atoms with Gasteiger partial charge in [0.05, 0.1) is 6.42 Å². The topological polar surface area (TPSA) is 36.4 Å². The molecule has 0 atom stereocenters. The summed E-state index contributed by atoms with van der Waals surface area (Å²) >= 11 is 0. The molecule has 1 aromatic rings. The molecule has 3 nitrogen and oxygen atoms in total. The van der Waals surface area contributed by atoms with Gasteiger partial charge in [0.25, 0.3) is 0 Å². The Morgan fingerprint density at radius 1 is 1.05 bits per heavy atom. The van der Waals surface area contributed by atoms with Gasteiger partial charge in [-0.2, -0.15) is 13.2 Å². The van der Waals surface area contributed by atoms with Crippen LogP contribution in [0.2, 0.25) is 0 Å². The van der Waals surface area contributed by atoms with Gasteiger partial charge in [0.15, 0.2) is 5.96 Å². The highest BCUT2D eigenvalue weighted by molar-refractivity contribution is 5.79. The number of nitrogens with zero attached hydrogens (tertiary/aromatic N) is 1. The molecule has 0 fully saturated rings. The van der Waals surface area contributed by atoms with E-state index in [-0.39, 0.29) is 6.54 Å². The predicted octanol–water partition coefficient (Wildman–Crippen LogP) is 2.91. The van der Waals surface area contributed by atoms with Crippen molar-refractivity contribution in [3.8, 4) is 0 Å². The van der Waals surface area contributed by atoms with Crippen LogP contribution in [0.15, 0.2) is 29.3 Å². The average molecular weight is 301 g/mol. The van der Waals surface area contributed by atoms with Crippen LogP contribution in [0, 0.1) is 0 Å². The fourth-order valence-electron chi connectivity index (χ4n) is 1.81. The quantitative estimate of drug-likeness (QED) is 0.626. The van der Waals surface area contributed by atoms with Gasteiger partial charge in [-0.3, -0.25) is 4.99 Å². The Kier molecular flexibility index (Phi) is 7.05. The number of hydrogen-bond acceptors (Lipinski definition) is 1. The third-order valence-electron chi connectivity index (χ3n) is 3.06. The smallest absolute Gasteiger partial charge is 0.356 e.